The van der Waals surface area contributed by atoms with E-state index >= 15 is 0 Å². The molecule has 110 valence electrons. The minimum Gasteiger partial charge on any atom is -0.258 e. The SMILES string of the molecule is Cc1cc([N+](=O)[O-])ccc1Sc1ccc([N+](=O)[O-])cc1C#N. The molecule has 0 heterocycles. The van der Waals surface area contributed by atoms with E-state index in [1.807, 2.05) is 6.07 Å². The molecular weight excluding hydrogens is 306 g/mol. The number of aryl methyl sites for hydroxylation is 1. The van der Waals surface area contributed by atoms with E-state index < -0.39 is 9.85 Å². The Kier molecular flexibility index (Phi) is 4.39. The molecule has 2 aromatic carbocycles. The van der Waals surface area contributed by atoms with Gasteiger partial charge in [-0.2, -0.15) is 5.26 Å². The summed E-state index contributed by atoms with van der Waals surface area (Å²) in [6.45, 7) is 1.73. The lowest BCUT2D eigenvalue weighted by atomic mass is 10.2. The van der Waals surface area contributed by atoms with E-state index in [4.69, 9.17) is 5.26 Å². The highest BCUT2D eigenvalue weighted by atomic mass is 32.2. The Bertz CT molecular complexity index is 814. The number of benzene rings is 2. The van der Waals surface area contributed by atoms with Crippen molar-refractivity contribution in [3.8, 4) is 6.07 Å². The van der Waals surface area contributed by atoms with Gasteiger partial charge in [0.15, 0.2) is 0 Å². The zero-order valence-electron chi connectivity index (χ0n) is 11.3. The molecule has 0 aromatic heterocycles. The lowest BCUT2D eigenvalue weighted by Gasteiger charge is -2.07. The summed E-state index contributed by atoms with van der Waals surface area (Å²) in [7, 11) is 0. The smallest absolute Gasteiger partial charge is 0.258 e. The molecule has 22 heavy (non-hydrogen) atoms. The lowest BCUT2D eigenvalue weighted by molar-refractivity contribution is -0.385. The van der Waals surface area contributed by atoms with E-state index in [1.165, 1.54) is 42.1 Å². The molecule has 0 aliphatic heterocycles. The van der Waals surface area contributed by atoms with Crippen molar-refractivity contribution in [1.82, 2.24) is 0 Å². The van der Waals surface area contributed by atoms with Crippen LogP contribution < -0.4 is 0 Å². The quantitative estimate of drug-likeness (QED) is 0.626. The van der Waals surface area contributed by atoms with Gasteiger partial charge in [-0.25, -0.2) is 0 Å². The third kappa shape index (κ3) is 3.21. The van der Waals surface area contributed by atoms with Crippen LogP contribution >= 0.6 is 11.8 Å². The predicted molar refractivity (Wildman–Crippen MR) is 79.8 cm³/mol. The molecule has 0 radical (unpaired) electrons. The third-order valence-corrected chi connectivity index (χ3v) is 4.14. The highest BCUT2D eigenvalue weighted by Crippen LogP contribution is 2.35. The van der Waals surface area contributed by atoms with Crippen molar-refractivity contribution in [1.29, 1.82) is 5.26 Å². The van der Waals surface area contributed by atoms with Crippen LogP contribution in [0.3, 0.4) is 0 Å². The number of rotatable bonds is 4. The summed E-state index contributed by atoms with van der Waals surface area (Å²) in [4.78, 5) is 21.7. The van der Waals surface area contributed by atoms with Crippen LogP contribution in [-0.2, 0) is 0 Å². The summed E-state index contributed by atoms with van der Waals surface area (Å²) in [6.07, 6.45) is 0. The first-order valence-corrected chi connectivity index (χ1v) is 6.85. The zero-order valence-corrected chi connectivity index (χ0v) is 12.2. The molecule has 2 rings (SSSR count). The Balaban J connectivity index is 2.37. The second kappa shape index (κ2) is 6.24. The Morgan fingerprint density at radius 3 is 2.05 bits per heavy atom. The summed E-state index contributed by atoms with van der Waals surface area (Å²) in [5, 5.41) is 30.5. The maximum Gasteiger partial charge on any atom is 0.270 e. The molecule has 0 aliphatic rings. The molecular formula is C14H9N3O4S. The van der Waals surface area contributed by atoms with E-state index in [0.29, 0.717) is 10.5 Å². The number of hydrogen-bond acceptors (Lipinski definition) is 6. The molecule has 0 saturated carbocycles. The fourth-order valence-electron chi connectivity index (χ4n) is 1.79. The third-order valence-electron chi connectivity index (χ3n) is 2.88. The first kappa shape index (κ1) is 15.5. The highest BCUT2D eigenvalue weighted by Gasteiger charge is 2.14. The van der Waals surface area contributed by atoms with E-state index in [-0.39, 0.29) is 16.9 Å². The normalized spacial score (nSPS) is 10.0. The van der Waals surface area contributed by atoms with Crippen molar-refractivity contribution in [3.05, 3.63) is 67.8 Å². The van der Waals surface area contributed by atoms with Crippen molar-refractivity contribution in [2.45, 2.75) is 16.7 Å². The molecule has 0 fully saturated rings. The monoisotopic (exact) mass is 315 g/mol. The lowest BCUT2D eigenvalue weighted by Crippen LogP contribution is -1.92. The van der Waals surface area contributed by atoms with Gasteiger partial charge in [-0.15, -0.1) is 0 Å². The summed E-state index contributed by atoms with van der Waals surface area (Å²) in [5.74, 6) is 0. The minimum absolute atomic E-state index is 0.00828. The second-order valence-electron chi connectivity index (χ2n) is 4.36. The molecule has 2 aromatic rings. The minimum atomic E-state index is -0.563. The standard InChI is InChI=1S/C14H9N3O4S/c1-9-6-11(16(18)19)2-4-13(9)22-14-5-3-12(17(20)21)7-10(14)8-15/h2-7H,1H3. The average molecular weight is 315 g/mol. The van der Waals surface area contributed by atoms with Crippen LogP contribution in [0, 0.1) is 38.5 Å². The van der Waals surface area contributed by atoms with Crippen LogP contribution in [-0.4, -0.2) is 9.85 Å². The van der Waals surface area contributed by atoms with Crippen molar-refractivity contribution in [3.63, 3.8) is 0 Å². The zero-order chi connectivity index (χ0) is 16.3. The van der Waals surface area contributed by atoms with Gasteiger partial charge >= 0.3 is 0 Å². The van der Waals surface area contributed by atoms with E-state index in [9.17, 15) is 20.2 Å². The van der Waals surface area contributed by atoms with Crippen LogP contribution in [0.15, 0.2) is 46.2 Å². The number of nitriles is 1. The second-order valence-corrected chi connectivity index (χ2v) is 5.44. The highest BCUT2D eigenvalue weighted by molar-refractivity contribution is 7.99. The summed E-state index contributed by atoms with van der Waals surface area (Å²) >= 11 is 1.24. The summed E-state index contributed by atoms with van der Waals surface area (Å²) < 4.78 is 0. The number of nitro groups is 2. The average Bonchev–Trinajstić information content (AvgIpc) is 2.49. The Labute approximate surface area is 129 Å². The van der Waals surface area contributed by atoms with E-state index in [0.717, 1.165) is 4.90 Å². The van der Waals surface area contributed by atoms with Gasteiger partial charge in [0.05, 0.1) is 15.4 Å². The van der Waals surface area contributed by atoms with Gasteiger partial charge in [0.1, 0.15) is 6.07 Å². The maximum absolute atomic E-state index is 10.7. The molecule has 0 bridgehead atoms. The van der Waals surface area contributed by atoms with E-state index in [2.05, 4.69) is 0 Å². The van der Waals surface area contributed by atoms with Crippen LogP contribution in [0.2, 0.25) is 0 Å². The van der Waals surface area contributed by atoms with Gasteiger partial charge in [-0.1, -0.05) is 11.8 Å². The molecule has 0 atom stereocenters. The first-order valence-electron chi connectivity index (χ1n) is 6.04. The summed E-state index contributed by atoms with van der Waals surface area (Å²) in [6, 6.07) is 10.4. The molecule has 8 heteroatoms. The molecule has 0 saturated heterocycles. The van der Waals surface area contributed by atoms with Gasteiger partial charge in [-0.3, -0.25) is 20.2 Å². The Morgan fingerprint density at radius 2 is 1.55 bits per heavy atom. The van der Waals surface area contributed by atoms with Crippen molar-refractivity contribution >= 4 is 23.1 Å². The van der Waals surface area contributed by atoms with Crippen LogP contribution in [0.5, 0.6) is 0 Å². The van der Waals surface area contributed by atoms with Crippen LogP contribution in [0.1, 0.15) is 11.1 Å². The topological polar surface area (TPSA) is 110 Å². The molecule has 0 unspecified atom stereocenters. The molecule has 0 aliphatic carbocycles. The summed E-state index contributed by atoms with van der Waals surface area (Å²) in [5.41, 5.74) is 0.728. The van der Waals surface area contributed by atoms with Gasteiger partial charge in [0.2, 0.25) is 0 Å². The number of nitrogens with zero attached hydrogens (tertiary/aromatic N) is 3. The number of nitro benzene ring substituents is 2. The Morgan fingerprint density at radius 1 is 1.00 bits per heavy atom. The van der Waals surface area contributed by atoms with Gasteiger partial charge < -0.3 is 0 Å². The Hall–Kier alpha value is -2.92. The van der Waals surface area contributed by atoms with E-state index in [1.54, 1.807) is 13.0 Å². The van der Waals surface area contributed by atoms with Gasteiger partial charge in [0, 0.05) is 34.1 Å². The van der Waals surface area contributed by atoms with Crippen LogP contribution in [0.4, 0.5) is 11.4 Å². The van der Waals surface area contributed by atoms with Crippen LogP contribution in [0.25, 0.3) is 0 Å². The van der Waals surface area contributed by atoms with Gasteiger partial charge in [-0.05, 0) is 24.6 Å². The maximum atomic E-state index is 10.7. The molecule has 0 amide bonds. The number of non-ortho nitro benzene ring substituents is 2. The van der Waals surface area contributed by atoms with Gasteiger partial charge in [0.25, 0.3) is 11.4 Å². The molecule has 0 spiro atoms. The number of hydrogen-bond donors (Lipinski definition) is 0. The van der Waals surface area contributed by atoms with Crippen molar-refractivity contribution in [2.24, 2.45) is 0 Å². The predicted octanol–water partition coefficient (Wildman–Crippen LogP) is 3.83. The fourth-order valence-corrected chi connectivity index (χ4v) is 2.73. The van der Waals surface area contributed by atoms with Crippen molar-refractivity contribution in [2.75, 3.05) is 0 Å². The molecule has 0 N–H and O–H groups in total. The largest absolute Gasteiger partial charge is 0.270 e. The van der Waals surface area contributed by atoms with Crippen molar-refractivity contribution < 1.29 is 9.85 Å². The molecule has 7 nitrogen and oxygen atoms in total. The first-order chi connectivity index (χ1) is 10.4. The fraction of sp³-hybridized carbons (Fsp3) is 0.0714.